The van der Waals surface area contributed by atoms with Gasteiger partial charge in [-0.05, 0) is 25.5 Å². The molecule has 0 fully saturated rings. The monoisotopic (exact) mass is 163 g/mol. The summed E-state index contributed by atoms with van der Waals surface area (Å²) in [4.78, 5) is 3.90. The number of aromatic nitrogens is 1. The summed E-state index contributed by atoms with van der Waals surface area (Å²) < 4.78 is 0. The second-order valence-corrected chi connectivity index (χ2v) is 2.55. The van der Waals surface area contributed by atoms with Gasteiger partial charge in [-0.25, -0.2) is 0 Å². The highest BCUT2D eigenvalue weighted by molar-refractivity contribution is 5.82. The van der Waals surface area contributed by atoms with E-state index < -0.39 is 0 Å². The molecule has 1 aromatic heterocycles. The SMILES string of the molecule is CCC(C)=NNc1ccncc1. The molecule has 0 aliphatic heterocycles. The molecule has 1 heterocycles. The Balaban J connectivity index is 2.54. The number of anilines is 1. The van der Waals surface area contributed by atoms with Gasteiger partial charge in [0, 0.05) is 18.1 Å². The molecule has 0 radical (unpaired) electrons. The Morgan fingerprint density at radius 2 is 2.17 bits per heavy atom. The number of nitrogens with one attached hydrogen (secondary N) is 1. The second-order valence-electron chi connectivity index (χ2n) is 2.55. The Bertz CT molecular complexity index is 254. The van der Waals surface area contributed by atoms with Crippen molar-refractivity contribution in [3.8, 4) is 0 Å². The van der Waals surface area contributed by atoms with Gasteiger partial charge in [-0.1, -0.05) is 6.92 Å². The first-order valence-electron chi connectivity index (χ1n) is 4.02. The molecule has 1 N–H and O–H groups in total. The predicted molar refractivity (Wildman–Crippen MR) is 51.3 cm³/mol. The summed E-state index contributed by atoms with van der Waals surface area (Å²) in [7, 11) is 0. The van der Waals surface area contributed by atoms with Gasteiger partial charge in [0.25, 0.3) is 0 Å². The van der Waals surface area contributed by atoms with E-state index >= 15 is 0 Å². The molecular formula is C9H13N3. The predicted octanol–water partition coefficient (Wildman–Crippen LogP) is 2.28. The third-order valence-electron chi connectivity index (χ3n) is 1.57. The van der Waals surface area contributed by atoms with Crippen molar-refractivity contribution in [3.63, 3.8) is 0 Å². The van der Waals surface area contributed by atoms with E-state index in [4.69, 9.17) is 0 Å². The van der Waals surface area contributed by atoms with Gasteiger partial charge in [-0.3, -0.25) is 10.4 Å². The van der Waals surface area contributed by atoms with Crippen molar-refractivity contribution in [2.45, 2.75) is 20.3 Å². The summed E-state index contributed by atoms with van der Waals surface area (Å²) in [6.45, 7) is 4.07. The van der Waals surface area contributed by atoms with Crippen LogP contribution < -0.4 is 5.43 Å². The molecule has 0 spiro atoms. The van der Waals surface area contributed by atoms with Gasteiger partial charge in [0.2, 0.25) is 0 Å². The maximum absolute atomic E-state index is 4.15. The fraction of sp³-hybridized carbons (Fsp3) is 0.333. The average Bonchev–Trinajstić information content (AvgIpc) is 2.16. The van der Waals surface area contributed by atoms with E-state index in [1.54, 1.807) is 12.4 Å². The van der Waals surface area contributed by atoms with Crippen LogP contribution in [0.3, 0.4) is 0 Å². The van der Waals surface area contributed by atoms with Crippen molar-refractivity contribution in [2.24, 2.45) is 5.10 Å². The minimum absolute atomic E-state index is 0.970. The molecule has 0 aliphatic carbocycles. The zero-order valence-corrected chi connectivity index (χ0v) is 7.41. The van der Waals surface area contributed by atoms with E-state index in [1.807, 2.05) is 19.1 Å². The maximum atomic E-state index is 4.15. The van der Waals surface area contributed by atoms with Crippen LogP contribution in [0.15, 0.2) is 29.6 Å². The summed E-state index contributed by atoms with van der Waals surface area (Å²) >= 11 is 0. The lowest BCUT2D eigenvalue weighted by atomic mass is 10.3. The molecular weight excluding hydrogens is 150 g/mol. The molecule has 0 aromatic carbocycles. The first-order chi connectivity index (χ1) is 5.83. The number of hydrogen-bond donors (Lipinski definition) is 1. The van der Waals surface area contributed by atoms with Crippen LogP contribution >= 0.6 is 0 Å². The van der Waals surface area contributed by atoms with Crippen molar-refractivity contribution in [3.05, 3.63) is 24.5 Å². The molecule has 64 valence electrons. The first-order valence-corrected chi connectivity index (χ1v) is 4.02. The van der Waals surface area contributed by atoms with E-state index in [0.717, 1.165) is 17.8 Å². The van der Waals surface area contributed by atoms with Gasteiger partial charge in [0.1, 0.15) is 0 Å². The molecule has 0 bridgehead atoms. The maximum Gasteiger partial charge on any atom is 0.0592 e. The lowest BCUT2D eigenvalue weighted by molar-refractivity contribution is 1.20. The molecule has 0 unspecified atom stereocenters. The van der Waals surface area contributed by atoms with Crippen molar-refractivity contribution >= 4 is 11.4 Å². The minimum atomic E-state index is 0.970. The molecule has 0 aliphatic rings. The highest BCUT2D eigenvalue weighted by atomic mass is 15.3. The Labute approximate surface area is 72.5 Å². The first kappa shape index (κ1) is 8.71. The van der Waals surface area contributed by atoms with E-state index in [2.05, 4.69) is 22.4 Å². The summed E-state index contributed by atoms with van der Waals surface area (Å²) in [5, 5.41) is 4.15. The normalized spacial score (nSPS) is 11.3. The van der Waals surface area contributed by atoms with E-state index in [-0.39, 0.29) is 0 Å². The Hall–Kier alpha value is -1.38. The zero-order chi connectivity index (χ0) is 8.81. The molecule has 1 aromatic rings. The van der Waals surface area contributed by atoms with E-state index in [1.165, 1.54) is 0 Å². The summed E-state index contributed by atoms with van der Waals surface area (Å²) in [6, 6.07) is 3.76. The fourth-order valence-corrected chi connectivity index (χ4v) is 0.665. The van der Waals surface area contributed by atoms with Gasteiger partial charge >= 0.3 is 0 Å². The summed E-state index contributed by atoms with van der Waals surface area (Å²) in [5.74, 6) is 0. The van der Waals surface area contributed by atoms with E-state index in [9.17, 15) is 0 Å². The quantitative estimate of drug-likeness (QED) is 0.548. The second kappa shape index (κ2) is 4.49. The Kier molecular flexibility index (Phi) is 3.26. The zero-order valence-electron chi connectivity index (χ0n) is 7.41. The molecule has 3 heteroatoms. The summed E-state index contributed by atoms with van der Waals surface area (Å²) in [5.41, 5.74) is 5.00. The van der Waals surface area contributed by atoms with E-state index in [0.29, 0.717) is 0 Å². The van der Waals surface area contributed by atoms with Crippen LogP contribution in [0.2, 0.25) is 0 Å². The van der Waals surface area contributed by atoms with Crippen LogP contribution in [0.1, 0.15) is 20.3 Å². The molecule has 3 nitrogen and oxygen atoms in total. The lowest BCUT2D eigenvalue weighted by Crippen LogP contribution is -1.95. The molecule has 1 rings (SSSR count). The molecule has 0 saturated carbocycles. The number of rotatable bonds is 3. The van der Waals surface area contributed by atoms with Crippen molar-refractivity contribution < 1.29 is 0 Å². The van der Waals surface area contributed by atoms with Crippen LogP contribution in [0, 0.1) is 0 Å². The largest absolute Gasteiger partial charge is 0.278 e. The van der Waals surface area contributed by atoms with Crippen molar-refractivity contribution in [1.82, 2.24) is 4.98 Å². The van der Waals surface area contributed by atoms with Crippen LogP contribution in [-0.4, -0.2) is 10.7 Å². The molecule has 0 atom stereocenters. The van der Waals surface area contributed by atoms with Gasteiger partial charge in [-0.15, -0.1) is 0 Å². The van der Waals surface area contributed by atoms with Crippen LogP contribution in [-0.2, 0) is 0 Å². The van der Waals surface area contributed by atoms with Gasteiger partial charge in [0.15, 0.2) is 0 Å². The van der Waals surface area contributed by atoms with Gasteiger partial charge in [-0.2, -0.15) is 5.10 Å². The van der Waals surface area contributed by atoms with Crippen LogP contribution in [0.4, 0.5) is 5.69 Å². The smallest absolute Gasteiger partial charge is 0.0592 e. The Morgan fingerprint density at radius 3 is 2.75 bits per heavy atom. The van der Waals surface area contributed by atoms with Crippen molar-refractivity contribution in [2.75, 3.05) is 5.43 Å². The minimum Gasteiger partial charge on any atom is -0.278 e. The lowest BCUT2D eigenvalue weighted by Gasteiger charge is -1.99. The van der Waals surface area contributed by atoms with Crippen LogP contribution in [0.5, 0.6) is 0 Å². The number of hydrazone groups is 1. The average molecular weight is 163 g/mol. The van der Waals surface area contributed by atoms with Crippen LogP contribution in [0.25, 0.3) is 0 Å². The summed E-state index contributed by atoms with van der Waals surface area (Å²) in [6.07, 6.45) is 4.44. The third kappa shape index (κ3) is 2.70. The van der Waals surface area contributed by atoms with Gasteiger partial charge < -0.3 is 0 Å². The topological polar surface area (TPSA) is 37.3 Å². The molecule has 0 saturated heterocycles. The number of nitrogens with zero attached hydrogens (tertiary/aromatic N) is 2. The highest BCUT2D eigenvalue weighted by Gasteiger charge is 1.87. The third-order valence-corrected chi connectivity index (χ3v) is 1.57. The highest BCUT2D eigenvalue weighted by Crippen LogP contribution is 2.02. The number of pyridine rings is 1. The standard InChI is InChI=1S/C9H13N3/c1-3-8(2)11-12-9-4-6-10-7-5-9/h4-7H,3H2,1-2H3,(H,10,12). The fourth-order valence-electron chi connectivity index (χ4n) is 0.665. The molecule has 0 amide bonds. The Morgan fingerprint density at radius 1 is 1.50 bits per heavy atom. The molecule has 12 heavy (non-hydrogen) atoms. The number of hydrogen-bond acceptors (Lipinski definition) is 3. The van der Waals surface area contributed by atoms with Gasteiger partial charge in [0.05, 0.1) is 5.69 Å². The van der Waals surface area contributed by atoms with Crippen molar-refractivity contribution in [1.29, 1.82) is 0 Å².